The normalized spacial score (nSPS) is 12.2. The monoisotopic (exact) mass is 399 g/mol. The highest BCUT2D eigenvalue weighted by atomic mass is 16.5. The Kier molecular flexibility index (Phi) is 5.74. The molecule has 0 saturated heterocycles. The summed E-state index contributed by atoms with van der Waals surface area (Å²) in [6.45, 7) is 4.61. The van der Waals surface area contributed by atoms with E-state index < -0.39 is 6.04 Å². The summed E-state index contributed by atoms with van der Waals surface area (Å²) >= 11 is 0. The molecule has 0 aliphatic carbocycles. The van der Waals surface area contributed by atoms with Gasteiger partial charge in [0.05, 0.1) is 35.8 Å². The molecule has 30 heavy (non-hydrogen) atoms. The van der Waals surface area contributed by atoms with E-state index in [1.165, 1.54) is 0 Å². The molecule has 0 bridgehead atoms. The van der Waals surface area contributed by atoms with E-state index in [1.54, 1.807) is 4.57 Å². The molecule has 5 heteroatoms. The smallest absolute Gasteiger partial charge is 0.266 e. The fourth-order valence-corrected chi connectivity index (χ4v) is 3.66. The molecule has 0 fully saturated rings. The maximum atomic E-state index is 13.5. The third-order valence-corrected chi connectivity index (χ3v) is 5.23. The van der Waals surface area contributed by atoms with Crippen molar-refractivity contribution < 1.29 is 4.74 Å². The van der Waals surface area contributed by atoms with Crippen LogP contribution in [0, 0.1) is 13.8 Å². The standard InChI is InChI=1S/C25H25N3O2/c1-17-9-6-7-14-22(17)28-24(20(26)16-30-15-19-11-4-3-5-12-19)27-21-13-8-10-18(2)23(21)25(28)29/h3-14,20H,15-16,26H2,1-2H3. The first-order valence-electron chi connectivity index (χ1n) is 10.0. The predicted molar refractivity (Wildman–Crippen MR) is 120 cm³/mol. The molecular formula is C25H25N3O2. The molecule has 0 saturated carbocycles. The highest BCUT2D eigenvalue weighted by molar-refractivity contribution is 5.81. The van der Waals surface area contributed by atoms with Gasteiger partial charge in [0, 0.05) is 0 Å². The first-order chi connectivity index (χ1) is 14.6. The van der Waals surface area contributed by atoms with Gasteiger partial charge in [-0.05, 0) is 42.7 Å². The predicted octanol–water partition coefficient (Wildman–Crippen LogP) is 4.22. The number of nitrogens with zero attached hydrogens (tertiary/aromatic N) is 2. The van der Waals surface area contributed by atoms with E-state index in [1.807, 2.05) is 86.6 Å². The second kappa shape index (κ2) is 8.61. The zero-order valence-corrected chi connectivity index (χ0v) is 17.2. The summed E-state index contributed by atoms with van der Waals surface area (Å²) in [5.41, 5.74) is 10.8. The van der Waals surface area contributed by atoms with Crippen molar-refractivity contribution >= 4 is 10.9 Å². The Balaban J connectivity index is 1.77. The molecule has 0 aliphatic rings. The lowest BCUT2D eigenvalue weighted by atomic mass is 10.1. The van der Waals surface area contributed by atoms with Crippen molar-refractivity contribution in [2.24, 2.45) is 5.73 Å². The fourth-order valence-electron chi connectivity index (χ4n) is 3.66. The van der Waals surface area contributed by atoms with Crippen molar-refractivity contribution in [3.05, 3.63) is 106 Å². The number of benzene rings is 3. The van der Waals surface area contributed by atoms with Crippen LogP contribution < -0.4 is 11.3 Å². The molecule has 5 nitrogen and oxygen atoms in total. The summed E-state index contributed by atoms with van der Waals surface area (Å²) in [6, 6.07) is 22.8. The zero-order valence-electron chi connectivity index (χ0n) is 17.2. The third-order valence-electron chi connectivity index (χ3n) is 5.23. The van der Waals surface area contributed by atoms with Crippen molar-refractivity contribution in [3.63, 3.8) is 0 Å². The third kappa shape index (κ3) is 3.90. The average molecular weight is 399 g/mol. The SMILES string of the molecule is Cc1ccccc1-n1c(C(N)COCc2ccccc2)nc2cccc(C)c2c1=O. The highest BCUT2D eigenvalue weighted by Gasteiger charge is 2.20. The second-order valence-electron chi connectivity index (χ2n) is 7.47. The lowest BCUT2D eigenvalue weighted by Crippen LogP contribution is -2.31. The van der Waals surface area contributed by atoms with E-state index in [9.17, 15) is 4.79 Å². The lowest BCUT2D eigenvalue weighted by molar-refractivity contribution is 0.105. The first kappa shape index (κ1) is 20.0. The maximum Gasteiger partial charge on any atom is 0.266 e. The Morgan fingerprint density at radius 3 is 2.40 bits per heavy atom. The molecule has 0 radical (unpaired) electrons. The lowest BCUT2D eigenvalue weighted by Gasteiger charge is -2.20. The Labute approximate surface area is 175 Å². The quantitative estimate of drug-likeness (QED) is 0.527. The number of ether oxygens (including phenoxy) is 1. The molecular weight excluding hydrogens is 374 g/mol. The van der Waals surface area contributed by atoms with Gasteiger partial charge in [-0.25, -0.2) is 4.98 Å². The first-order valence-corrected chi connectivity index (χ1v) is 10.0. The van der Waals surface area contributed by atoms with Crippen LogP contribution in [-0.4, -0.2) is 16.2 Å². The zero-order chi connectivity index (χ0) is 21.1. The largest absolute Gasteiger partial charge is 0.375 e. The average Bonchev–Trinajstić information content (AvgIpc) is 2.75. The van der Waals surface area contributed by atoms with Gasteiger partial charge in [-0.15, -0.1) is 0 Å². The van der Waals surface area contributed by atoms with Crippen LogP contribution in [-0.2, 0) is 11.3 Å². The number of aromatic nitrogens is 2. The van der Waals surface area contributed by atoms with Crippen LogP contribution in [0.3, 0.4) is 0 Å². The van der Waals surface area contributed by atoms with E-state index in [2.05, 4.69) is 0 Å². The number of hydrogen-bond donors (Lipinski definition) is 1. The summed E-state index contributed by atoms with van der Waals surface area (Å²) in [6.07, 6.45) is 0. The number of fused-ring (bicyclic) bond motifs is 1. The summed E-state index contributed by atoms with van der Waals surface area (Å²) in [7, 11) is 0. The molecule has 3 aromatic carbocycles. The van der Waals surface area contributed by atoms with Gasteiger partial charge in [0.15, 0.2) is 0 Å². The minimum absolute atomic E-state index is 0.110. The van der Waals surface area contributed by atoms with Crippen LogP contribution in [0.25, 0.3) is 16.6 Å². The summed E-state index contributed by atoms with van der Waals surface area (Å²) in [5, 5.41) is 0.613. The highest BCUT2D eigenvalue weighted by Crippen LogP contribution is 2.21. The van der Waals surface area contributed by atoms with Gasteiger partial charge in [0.1, 0.15) is 5.82 Å². The van der Waals surface area contributed by atoms with E-state index in [-0.39, 0.29) is 12.2 Å². The molecule has 0 aliphatic heterocycles. The molecule has 152 valence electrons. The number of rotatable bonds is 6. The number of nitrogens with two attached hydrogens (primary N) is 1. The van der Waals surface area contributed by atoms with Crippen molar-refractivity contribution in [2.75, 3.05) is 6.61 Å². The van der Waals surface area contributed by atoms with Crippen LogP contribution in [0.1, 0.15) is 28.6 Å². The Morgan fingerprint density at radius 2 is 1.63 bits per heavy atom. The molecule has 1 atom stereocenters. The van der Waals surface area contributed by atoms with E-state index in [0.29, 0.717) is 23.3 Å². The molecule has 4 rings (SSSR count). The minimum Gasteiger partial charge on any atom is -0.375 e. The maximum absolute atomic E-state index is 13.5. The Morgan fingerprint density at radius 1 is 0.933 bits per heavy atom. The molecule has 2 N–H and O–H groups in total. The van der Waals surface area contributed by atoms with Gasteiger partial charge >= 0.3 is 0 Å². The van der Waals surface area contributed by atoms with Crippen LogP contribution in [0.15, 0.2) is 77.6 Å². The van der Waals surface area contributed by atoms with Crippen molar-refractivity contribution in [1.82, 2.24) is 9.55 Å². The fraction of sp³-hybridized carbons (Fsp3) is 0.200. The van der Waals surface area contributed by atoms with E-state index in [4.69, 9.17) is 15.5 Å². The summed E-state index contributed by atoms with van der Waals surface area (Å²) < 4.78 is 7.49. The second-order valence-corrected chi connectivity index (χ2v) is 7.47. The van der Waals surface area contributed by atoms with Gasteiger partial charge in [-0.1, -0.05) is 60.7 Å². The molecule has 1 aromatic heterocycles. The molecule has 1 heterocycles. The van der Waals surface area contributed by atoms with E-state index in [0.717, 1.165) is 22.4 Å². The minimum atomic E-state index is -0.550. The molecule has 4 aromatic rings. The topological polar surface area (TPSA) is 70.1 Å². The van der Waals surface area contributed by atoms with Crippen molar-refractivity contribution in [3.8, 4) is 5.69 Å². The molecule has 0 amide bonds. The van der Waals surface area contributed by atoms with Gasteiger partial charge in [-0.3, -0.25) is 9.36 Å². The van der Waals surface area contributed by atoms with Crippen LogP contribution in [0.5, 0.6) is 0 Å². The van der Waals surface area contributed by atoms with Gasteiger partial charge in [0.2, 0.25) is 0 Å². The number of para-hydroxylation sites is 1. The van der Waals surface area contributed by atoms with E-state index >= 15 is 0 Å². The van der Waals surface area contributed by atoms with Gasteiger partial charge in [-0.2, -0.15) is 0 Å². The Bertz CT molecular complexity index is 1230. The Hall–Kier alpha value is -3.28. The van der Waals surface area contributed by atoms with Crippen LogP contribution in [0.4, 0.5) is 0 Å². The van der Waals surface area contributed by atoms with Gasteiger partial charge in [0.25, 0.3) is 5.56 Å². The van der Waals surface area contributed by atoms with Crippen molar-refractivity contribution in [1.29, 1.82) is 0 Å². The van der Waals surface area contributed by atoms with Crippen LogP contribution >= 0.6 is 0 Å². The molecule has 1 unspecified atom stereocenters. The molecule has 0 spiro atoms. The summed E-state index contributed by atoms with van der Waals surface area (Å²) in [5.74, 6) is 0.500. The number of hydrogen-bond acceptors (Lipinski definition) is 4. The summed E-state index contributed by atoms with van der Waals surface area (Å²) in [4.78, 5) is 18.3. The van der Waals surface area contributed by atoms with Crippen LogP contribution in [0.2, 0.25) is 0 Å². The number of aryl methyl sites for hydroxylation is 2. The van der Waals surface area contributed by atoms with Crippen molar-refractivity contribution in [2.45, 2.75) is 26.5 Å². The van der Waals surface area contributed by atoms with Gasteiger partial charge < -0.3 is 10.5 Å².